The highest BCUT2D eigenvalue weighted by Gasteiger charge is 2.32. The van der Waals surface area contributed by atoms with Crippen molar-refractivity contribution in [3.8, 4) is 0 Å². The fourth-order valence-electron chi connectivity index (χ4n) is 3.20. The predicted molar refractivity (Wildman–Crippen MR) is 95.8 cm³/mol. The number of hydrogen-bond donors (Lipinski definition) is 1. The van der Waals surface area contributed by atoms with Gasteiger partial charge >= 0.3 is 0 Å². The van der Waals surface area contributed by atoms with E-state index in [2.05, 4.69) is 22.4 Å². The molecular formula is C21H19FN2O. The third-order valence-corrected chi connectivity index (χ3v) is 4.73. The van der Waals surface area contributed by atoms with Gasteiger partial charge in [-0.05, 0) is 42.9 Å². The second kappa shape index (κ2) is 6.63. The zero-order valence-electron chi connectivity index (χ0n) is 13.8. The van der Waals surface area contributed by atoms with Crippen LogP contribution in [0.25, 0.3) is 10.9 Å². The molecule has 1 aromatic heterocycles. The van der Waals surface area contributed by atoms with Crippen molar-refractivity contribution in [2.24, 2.45) is 5.92 Å². The van der Waals surface area contributed by atoms with E-state index in [0.29, 0.717) is 22.4 Å². The molecule has 1 amide bonds. The molecule has 1 saturated carbocycles. The summed E-state index contributed by atoms with van der Waals surface area (Å²) in [6.07, 6.45) is 4.58. The molecule has 1 aliphatic rings. The van der Waals surface area contributed by atoms with E-state index in [1.54, 1.807) is 18.2 Å². The summed E-state index contributed by atoms with van der Waals surface area (Å²) in [4.78, 5) is 16.8. The number of aromatic nitrogens is 1. The third kappa shape index (κ3) is 3.53. The van der Waals surface area contributed by atoms with Gasteiger partial charge in [-0.1, -0.05) is 42.5 Å². The fraction of sp³-hybridized carbons (Fsp3) is 0.238. The average Bonchev–Trinajstić information content (AvgIpc) is 3.47. The lowest BCUT2D eigenvalue weighted by Gasteiger charge is -2.18. The Kier molecular flexibility index (Phi) is 4.18. The minimum absolute atomic E-state index is 0.123. The number of amides is 1. The summed E-state index contributed by atoms with van der Waals surface area (Å²) >= 11 is 0. The number of hydrogen-bond acceptors (Lipinski definition) is 2. The monoisotopic (exact) mass is 334 g/mol. The molecule has 1 atom stereocenters. The number of fused-ring (bicyclic) bond motifs is 1. The summed E-state index contributed by atoms with van der Waals surface area (Å²) in [5, 5.41) is 3.79. The Morgan fingerprint density at radius 1 is 1.16 bits per heavy atom. The number of pyridine rings is 1. The Morgan fingerprint density at radius 3 is 2.72 bits per heavy atom. The smallest absolute Gasteiger partial charge is 0.253 e. The Balaban J connectivity index is 1.53. The summed E-state index contributed by atoms with van der Waals surface area (Å²) in [5.74, 6) is 0.0194. The highest BCUT2D eigenvalue weighted by Crippen LogP contribution is 2.34. The van der Waals surface area contributed by atoms with Crippen molar-refractivity contribution in [3.05, 3.63) is 77.7 Å². The van der Waals surface area contributed by atoms with E-state index < -0.39 is 0 Å². The normalized spacial score (nSPS) is 15.1. The third-order valence-electron chi connectivity index (χ3n) is 4.73. The van der Waals surface area contributed by atoms with Crippen LogP contribution in [0, 0.1) is 11.7 Å². The highest BCUT2D eigenvalue weighted by molar-refractivity contribution is 5.97. The lowest BCUT2D eigenvalue weighted by Crippen LogP contribution is -2.38. The van der Waals surface area contributed by atoms with E-state index >= 15 is 0 Å². The van der Waals surface area contributed by atoms with Crippen molar-refractivity contribution in [1.29, 1.82) is 0 Å². The summed E-state index contributed by atoms with van der Waals surface area (Å²) < 4.78 is 13.7. The number of nitrogens with zero attached hydrogens (tertiary/aromatic N) is 1. The van der Waals surface area contributed by atoms with Crippen molar-refractivity contribution in [2.45, 2.75) is 25.3 Å². The number of nitrogens with one attached hydrogen (secondary N) is 1. The molecule has 1 heterocycles. The van der Waals surface area contributed by atoms with Crippen LogP contribution in [0.5, 0.6) is 0 Å². The first-order valence-corrected chi connectivity index (χ1v) is 8.60. The minimum atomic E-state index is -0.371. The standard InChI is InChI=1S/C21H19FN2O/c22-18-8-4-7-16-12-17(13-23-20(16)18)21(25)24-19(15-9-10-15)11-14-5-2-1-3-6-14/h1-8,12-13,15,19H,9-11H2,(H,24,25). The lowest BCUT2D eigenvalue weighted by molar-refractivity contribution is 0.0931. The summed E-state index contributed by atoms with van der Waals surface area (Å²) in [6.45, 7) is 0. The van der Waals surface area contributed by atoms with Gasteiger partial charge in [0.15, 0.2) is 0 Å². The van der Waals surface area contributed by atoms with Crippen LogP contribution < -0.4 is 5.32 Å². The SMILES string of the molecule is O=C(NC(Cc1ccccc1)C1CC1)c1cnc2c(F)cccc2c1. The van der Waals surface area contributed by atoms with Gasteiger partial charge in [0.25, 0.3) is 5.91 Å². The van der Waals surface area contributed by atoms with E-state index in [0.717, 1.165) is 19.3 Å². The van der Waals surface area contributed by atoms with Crippen molar-refractivity contribution in [3.63, 3.8) is 0 Å². The quantitative estimate of drug-likeness (QED) is 0.762. The molecular weight excluding hydrogens is 315 g/mol. The van der Waals surface area contributed by atoms with E-state index in [-0.39, 0.29) is 17.8 Å². The summed E-state index contributed by atoms with van der Waals surface area (Å²) in [6, 6.07) is 16.8. The number of carbonyl (C=O) groups is 1. The molecule has 4 heteroatoms. The molecule has 3 aromatic rings. The number of halogens is 1. The molecule has 3 nitrogen and oxygen atoms in total. The number of carbonyl (C=O) groups excluding carboxylic acids is 1. The van der Waals surface area contributed by atoms with Gasteiger partial charge < -0.3 is 5.32 Å². The van der Waals surface area contributed by atoms with E-state index in [1.807, 2.05) is 18.2 Å². The topological polar surface area (TPSA) is 42.0 Å². The van der Waals surface area contributed by atoms with Gasteiger partial charge in [-0.3, -0.25) is 9.78 Å². The largest absolute Gasteiger partial charge is 0.349 e. The number of benzene rings is 2. The zero-order chi connectivity index (χ0) is 17.2. The van der Waals surface area contributed by atoms with Crippen LogP contribution in [-0.4, -0.2) is 16.9 Å². The van der Waals surface area contributed by atoms with E-state index in [4.69, 9.17) is 0 Å². The first kappa shape index (κ1) is 15.8. The second-order valence-corrected chi connectivity index (χ2v) is 6.64. The summed E-state index contributed by atoms with van der Waals surface area (Å²) in [7, 11) is 0. The molecule has 1 fully saturated rings. The Labute approximate surface area is 145 Å². The van der Waals surface area contributed by atoms with Gasteiger partial charge in [0.05, 0.1) is 5.56 Å². The van der Waals surface area contributed by atoms with E-state index in [9.17, 15) is 9.18 Å². The molecule has 0 aliphatic heterocycles. The van der Waals surface area contributed by atoms with Crippen LogP contribution in [0.4, 0.5) is 4.39 Å². The van der Waals surface area contributed by atoms with Crippen LogP contribution in [0.15, 0.2) is 60.8 Å². The predicted octanol–water partition coefficient (Wildman–Crippen LogP) is 4.13. The molecule has 4 rings (SSSR count). The number of para-hydroxylation sites is 1. The zero-order valence-corrected chi connectivity index (χ0v) is 13.8. The maximum atomic E-state index is 13.7. The van der Waals surface area contributed by atoms with Crippen LogP contribution in [-0.2, 0) is 6.42 Å². The minimum Gasteiger partial charge on any atom is -0.349 e. The molecule has 0 saturated heterocycles. The van der Waals surface area contributed by atoms with Gasteiger partial charge in [0, 0.05) is 17.6 Å². The molecule has 1 unspecified atom stereocenters. The first-order valence-electron chi connectivity index (χ1n) is 8.60. The highest BCUT2D eigenvalue weighted by atomic mass is 19.1. The Bertz CT molecular complexity index is 906. The van der Waals surface area contributed by atoms with Gasteiger partial charge in [-0.25, -0.2) is 4.39 Å². The fourth-order valence-corrected chi connectivity index (χ4v) is 3.20. The van der Waals surface area contributed by atoms with Gasteiger partial charge in [0.2, 0.25) is 0 Å². The molecule has 0 spiro atoms. The molecule has 1 N–H and O–H groups in total. The maximum absolute atomic E-state index is 13.7. The van der Waals surface area contributed by atoms with Gasteiger partial charge in [-0.15, -0.1) is 0 Å². The lowest BCUT2D eigenvalue weighted by atomic mass is 10.0. The molecule has 2 aromatic carbocycles. The van der Waals surface area contributed by atoms with Crippen LogP contribution in [0.3, 0.4) is 0 Å². The number of rotatable bonds is 5. The molecule has 126 valence electrons. The van der Waals surface area contributed by atoms with Crippen LogP contribution in [0.1, 0.15) is 28.8 Å². The van der Waals surface area contributed by atoms with E-state index in [1.165, 1.54) is 17.8 Å². The van der Waals surface area contributed by atoms with Crippen molar-refractivity contribution in [2.75, 3.05) is 0 Å². The van der Waals surface area contributed by atoms with Crippen molar-refractivity contribution in [1.82, 2.24) is 10.3 Å². The molecule has 0 radical (unpaired) electrons. The molecule has 1 aliphatic carbocycles. The second-order valence-electron chi connectivity index (χ2n) is 6.64. The van der Waals surface area contributed by atoms with Gasteiger partial charge in [-0.2, -0.15) is 0 Å². The maximum Gasteiger partial charge on any atom is 0.253 e. The van der Waals surface area contributed by atoms with Crippen LogP contribution in [0.2, 0.25) is 0 Å². The van der Waals surface area contributed by atoms with Crippen molar-refractivity contribution < 1.29 is 9.18 Å². The molecule has 0 bridgehead atoms. The first-order chi connectivity index (χ1) is 12.2. The molecule has 25 heavy (non-hydrogen) atoms. The summed E-state index contributed by atoms with van der Waals surface area (Å²) in [5.41, 5.74) is 1.98. The van der Waals surface area contributed by atoms with Crippen LogP contribution >= 0.6 is 0 Å². The van der Waals surface area contributed by atoms with Gasteiger partial charge in [0.1, 0.15) is 11.3 Å². The Morgan fingerprint density at radius 2 is 1.96 bits per heavy atom. The average molecular weight is 334 g/mol. The van der Waals surface area contributed by atoms with Crippen molar-refractivity contribution >= 4 is 16.8 Å². The Hall–Kier alpha value is -2.75.